The van der Waals surface area contributed by atoms with Gasteiger partial charge in [-0.25, -0.2) is 9.78 Å². The maximum absolute atomic E-state index is 12.1. The first-order valence-corrected chi connectivity index (χ1v) is 9.66. The molecule has 0 aliphatic carbocycles. The summed E-state index contributed by atoms with van der Waals surface area (Å²) < 4.78 is 5.33. The first-order valence-electron chi connectivity index (χ1n) is 8.67. The van der Waals surface area contributed by atoms with Gasteiger partial charge in [-0.3, -0.25) is 4.79 Å². The zero-order valence-corrected chi connectivity index (χ0v) is 15.6. The van der Waals surface area contributed by atoms with E-state index >= 15 is 0 Å². The molecule has 0 saturated carbocycles. The molecule has 0 atom stereocenters. The van der Waals surface area contributed by atoms with Crippen molar-refractivity contribution < 1.29 is 9.21 Å². The van der Waals surface area contributed by atoms with Crippen molar-refractivity contribution in [3.8, 4) is 11.5 Å². The van der Waals surface area contributed by atoms with Gasteiger partial charge < -0.3 is 9.73 Å². The molecule has 0 radical (unpaired) electrons. The van der Waals surface area contributed by atoms with Crippen LogP contribution in [0.2, 0.25) is 0 Å². The van der Waals surface area contributed by atoms with Gasteiger partial charge in [0.25, 0.3) is 0 Å². The molecular weight excluding hydrogens is 372 g/mol. The van der Waals surface area contributed by atoms with E-state index < -0.39 is 5.63 Å². The highest BCUT2D eigenvalue weighted by Crippen LogP contribution is 2.21. The van der Waals surface area contributed by atoms with Crippen molar-refractivity contribution in [2.24, 2.45) is 0 Å². The lowest BCUT2D eigenvalue weighted by Crippen LogP contribution is -2.13. The topological polar surface area (TPSA) is 72.2 Å². The summed E-state index contributed by atoms with van der Waals surface area (Å²) in [5.41, 5.74) is 1.50. The number of fused-ring (bicyclic) bond motifs is 1. The number of nitrogens with zero attached hydrogens (tertiary/aromatic N) is 1. The Labute approximate surface area is 165 Å². The fourth-order valence-corrected chi connectivity index (χ4v) is 3.42. The van der Waals surface area contributed by atoms with Crippen LogP contribution in [0.3, 0.4) is 0 Å². The molecule has 1 N–H and O–H groups in total. The van der Waals surface area contributed by atoms with Crippen LogP contribution in [0, 0.1) is 0 Å². The summed E-state index contributed by atoms with van der Waals surface area (Å²) in [4.78, 5) is 29.7. The number of para-hydroxylation sites is 1. The van der Waals surface area contributed by atoms with Crippen molar-refractivity contribution in [2.75, 3.05) is 11.1 Å². The van der Waals surface area contributed by atoms with Crippen molar-refractivity contribution >= 4 is 34.3 Å². The average Bonchev–Trinajstić information content (AvgIpc) is 2.73. The molecule has 0 aliphatic heterocycles. The van der Waals surface area contributed by atoms with E-state index in [-0.39, 0.29) is 11.8 Å². The molecule has 4 rings (SSSR count). The normalized spacial score (nSPS) is 10.7. The maximum atomic E-state index is 12.1. The SMILES string of the molecule is O=C(CSc1ccccc1)Nc1ccc(-c2nc3ccccc3c(=O)o2)cc1. The van der Waals surface area contributed by atoms with Gasteiger partial charge in [0.05, 0.1) is 16.7 Å². The van der Waals surface area contributed by atoms with E-state index in [1.54, 1.807) is 42.5 Å². The molecule has 28 heavy (non-hydrogen) atoms. The summed E-state index contributed by atoms with van der Waals surface area (Å²) in [6, 6.07) is 23.9. The summed E-state index contributed by atoms with van der Waals surface area (Å²) in [7, 11) is 0. The minimum atomic E-state index is -0.420. The number of rotatable bonds is 5. The number of thioether (sulfide) groups is 1. The van der Waals surface area contributed by atoms with Crippen LogP contribution in [0.15, 0.2) is 93.0 Å². The van der Waals surface area contributed by atoms with Gasteiger partial charge in [-0.2, -0.15) is 0 Å². The van der Waals surface area contributed by atoms with Crippen LogP contribution in [-0.2, 0) is 4.79 Å². The summed E-state index contributed by atoms with van der Waals surface area (Å²) in [5.74, 6) is 0.491. The third-order valence-corrected chi connectivity index (χ3v) is 5.08. The Hall–Kier alpha value is -3.38. The second-order valence-corrected chi connectivity index (χ2v) is 7.10. The monoisotopic (exact) mass is 388 g/mol. The molecule has 5 nitrogen and oxygen atoms in total. The second-order valence-electron chi connectivity index (χ2n) is 6.05. The third-order valence-electron chi connectivity index (χ3n) is 4.06. The van der Waals surface area contributed by atoms with Crippen molar-refractivity contribution in [2.45, 2.75) is 4.90 Å². The molecule has 0 saturated heterocycles. The minimum Gasteiger partial charge on any atom is -0.403 e. The Morgan fingerprint density at radius 1 is 0.929 bits per heavy atom. The number of benzene rings is 3. The van der Waals surface area contributed by atoms with Crippen LogP contribution in [0.25, 0.3) is 22.4 Å². The predicted octanol–water partition coefficient (Wildman–Crippen LogP) is 4.59. The molecule has 1 amide bonds. The Bertz CT molecular complexity index is 1170. The lowest BCUT2D eigenvalue weighted by atomic mass is 10.2. The highest BCUT2D eigenvalue weighted by atomic mass is 32.2. The van der Waals surface area contributed by atoms with Gasteiger partial charge >= 0.3 is 5.63 Å². The fourth-order valence-electron chi connectivity index (χ4n) is 2.70. The molecule has 0 bridgehead atoms. The summed E-state index contributed by atoms with van der Waals surface area (Å²) in [6.07, 6.45) is 0. The van der Waals surface area contributed by atoms with Crippen molar-refractivity contribution in [1.82, 2.24) is 4.98 Å². The van der Waals surface area contributed by atoms with Gasteiger partial charge in [0.15, 0.2) is 0 Å². The van der Waals surface area contributed by atoms with Crippen LogP contribution >= 0.6 is 11.8 Å². The summed E-state index contributed by atoms with van der Waals surface area (Å²) in [5, 5.41) is 3.31. The smallest absolute Gasteiger partial charge is 0.347 e. The molecule has 1 heterocycles. The standard InChI is InChI=1S/C22H16N2O3S/c25-20(14-28-17-6-2-1-3-7-17)23-16-12-10-15(11-13-16)21-24-19-9-5-4-8-18(19)22(26)27-21/h1-13H,14H2,(H,23,25). The average molecular weight is 388 g/mol. The lowest BCUT2D eigenvalue weighted by Gasteiger charge is -2.06. The van der Waals surface area contributed by atoms with Crippen LogP contribution in [0.4, 0.5) is 5.69 Å². The second kappa shape index (κ2) is 8.10. The number of carbonyl (C=O) groups excluding carboxylic acids is 1. The number of carbonyl (C=O) groups is 1. The van der Waals surface area contributed by atoms with Crippen molar-refractivity contribution in [1.29, 1.82) is 0 Å². The third kappa shape index (κ3) is 4.13. The summed E-state index contributed by atoms with van der Waals surface area (Å²) in [6.45, 7) is 0. The van der Waals surface area contributed by atoms with Gasteiger partial charge in [-0.05, 0) is 48.5 Å². The van der Waals surface area contributed by atoms with E-state index in [0.29, 0.717) is 27.9 Å². The molecule has 0 aliphatic rings. The zero-order valence-electron chi connectivity index (χ0n) is 14.8. The van der Waals surface area contributed by atoms with E-state index in [4.69, 9.17) is 4.42 Å². The first-order chi connectivity index (χ1) is 13.7. The van der Waals surface area contributed by atoms with E-state index in [0.717, 1.165) is 4.90 Å². The van der Waals surface area contributed by atoms with Crippen LogP contribution < -0.4 is 10.9 Å². The van der Waals surface area contributed by atoms with Crippen molar-refractivity contribution in [3.05, 3.63) is 89.3 Å². The molecule has 0 unspecified atom stereocenters. The van der Waals surface area contributed by atoms with Gasteiger partial charge in [0.1, 0.15) is 0 Å². The van der Waals surface area contributed by atoms with E-state index in [1.807, 2.05) is 36.4 Å². The quantitative estimate of drug-likeness (QED) is 0.507. The molecule has 1 aromatic heterocycles. The van der Waals surface area contributed by atoms with E-state index in [1.165, 1.54) is 11.8 Å². The molecule has 0 fully saturated rings. The van der Waals surface area contributed by atoms with Gasteiger partial charge in [-0.15, -0.1) is 11.8 Å². The number of nitrogens with one attached hydrogen (secondary N) is 1. The minimum absolute atomic E-state index is 0.0861. The number of hydrogen-bond acceptors (Lipinski definition) is 5. The zero-order chi connectivity index (χ0) is 19.3. The molecule has 3 aromatic carbocycles. The molecule has 0 spiro atoms. The largest absolute Gasteiger partial charge is 0.403 e. The first kappa shape index (κ1) is 18.0. The van der Waals surface area contributed by atoms with E-state index in [2.05, 4.69) is 10.3 Å². The Kier molecular flexibility index (Phi) is 5.21. The van der Waals surface area contributed by atoms with Gasteiger partial charge in [0.2, 0.25) is 11.8 Å². The van der Waals surface area contributed by atoms with Gasteiger partial charge in [-0.1, -0.05) is 30.3 Å². The van der Waals surface area contributed by atoms with E-state index in [9.17, 15) is 9.59 Å². The molecular formula is C22H16N2O3S. The van der Waals surface area contributed by atoms with Crippen LogP contribution in [0.5, 0.6) is 0 Å². The Morgan fingerprint density at radius 3 is 2.43 bits per heavy atom. The highest BCUT2D eigenvalue weighted by Gasteiger charge is 2.09. The fraction of sp³-hybridized carbons (Fsp3) is 0.0455. The maximum Gasteiger partial charge on any atom is 0.347 e. The number of anilines is 1. The number of aromatic nitrogens is 1. The molecule has 138 valence electrons. The highest BCUT2D eigenvalue weighted by molar-refractivity contribution is 8.00. The van der Waals surface area contributed by atoms with Crippen LogP contribution in [-0.4, -0.2) is 16.6 Å². The lowest BCUT2D eigenvalue weighted by molar-refractivity contribution is -0.113. The van der Waals surface area contributed by atoms with Gasteiger partial charge in [0, 0.05) is 16.1 Å². The number of amides is 1. The van der Waals surface area contributed by atoms with Crippen molar-refractivity contribution in [3.63, 3.8) is 0 Å². The number of hydrogen-bond donors (Lipinski definition) is 1. The van der Waals surface area contributed by atoms with Crippen LogP contribution in [0.1, 0.15) is 0 Å². The summed E-state index contributed by atoms with van der Waals surface area (Å²) >= 11 is 1.48. The molecule has 6 heteroatoms. The predicted molar refractivity (Wildman–Crippen MR) is 112 cm³/mol. The Morgan fingerprint density at radius 2 is 1.64 bits per heavy atom. The Balaban J connectivity index is 1.45. The molecule has 4 aromatic rings.